The third kappa shape index (κ3) is 4.61. The summed E-state index contributed by atoms with van der Waals surface area (Å²) in [4.78, 5) is 6.22. The van der Waals surface area contributed by atoms with Gasteiger partial charge in [0.15, 0.2) is 4.90 Å². The maximum atomic E-state index is 13.6. The van der Waals surface area contributed by atoms with E-state index in [2.05, 4.69) is 43.4 Å². The fourth-order valence-corrected chi connectivity index (χ4v) is 6.17. The molecule has 0 aliphatic carbocycles. The van der Waals surface area contributed by atoms with Crippen LogP contribution in [0.15, 0.2) is 88.4 Å². The Hall–Kier alpha value is -3.96. The van der Waals surface area contributed by atoms with E-state index in [0.717, 1.165) is 64.6 Å². The highest BCUT2D eigenvalue weighted by atomic mass is 32.2. The molecule has 1 atom stereocenters. The lowest BCUT2D eigenvalue weighted by Crippen LogP contribution is -2.25. The van der Waals surface area contributed by atoms with Crippen LogP contribution in [0, 0.1) is 0 Å². The highest BCUT2D eigenvalue weighted by Crippen LogP contribution is 2.37. The van der Waals surface area contributed by atoms with Crippen molar-refractivity contribution in [2.45, 2.75) is 17.9 Å². The van der Waals surface area contributed by atoms with E-state index in [9.17, 15) is 4.55 Å². The number of nitrogens with zero attached hydrogens (tertiary/aromatic N) is 5. The lowest BCUT2D eigenvalue weighted by Gasteiger charge is -2.15. The van der Waals surface area contributed by atoms with Crippen LogP contribution in [0.25, 0.3) is 44.4 Å². The van der Waals surface area contributed by atoms with Crippen LogP contribution in [0.1, 0.15) is 12.3 Å². The molecular weight excluding hydrogens is 512 g/mol. The van der Waals surface area contributed by atoms with Crippen molar-refractivity contribution in [3.8, 4) is 22.6 Å². The van der Waals surface area contributed by atoms with Crippen molar-refractivity contribution in [2.24, 2.45) is 0 Å². The molecule has 1 fully saturated rings. The molecule has 4 heterocycles. The maximum absolute atomic E-state index is 13.6. The average Bonchev–Trinajstić information content (AvgIpc) is 3.70. The molecule has 0 spiro atoms. The minimum absolute atomic E-state index is 0.411. The minimum Gasteiger partial charge on any atom is -0.586 e. The predicted octanol–water partition coefficient (Wildman–Crippen LogP) is 5.03. The molecule has 1 unspecified atom stereocenters. The lowest BCUT2D eigenvalue weighted by atomic mass is 9.98. The topological polar surface area (TPSA) is 108 Å². The predicted molar refractivity (Wildman–Crippen MR) is 149 cm³/mol. The Morgan fingerprint density at radius 2 is 1.85 bits per heavy atom. The third-order valence-electron chi connectivity index (χ3n) is 7.03. The number of ether oxygens (including phenoxy) is 1. The summed E-state index contributed by atoms with van der Waals surface area (Å²) in [5.41, 5.74) is 4.50. The smallest absolute Gasteiger partial charge is 0.248 e. The van der Waals surface area contributed by atoms with Crippen molar-refractivity contribution < 1.29 is 13.7 Å². The monoisotopic (exact) mass is 538 g/mol. The van der Waals surface area contributed by atoms with Gasteiger partial charge in [0.1, 0.15) is 16.9 Å². The second-order valence-corrected chi connectivity index (χ2v) is 10.8. The van der Waals surface area contributed by atoms with E-state index in [1.165, 1.54) is 0 Å². The number of hydrogen-bond donors (Lipinski definition) is 1. The van der Waals surface area contributed by atoms with Gasteiger partial charge in [0.2, 0.25) is 11.8 Å². The highest BCUT2D eigenvalue weighted by molar-refractivity contribution is 7.90. The molecule has 3 aromatic heterocycles. The Kier molecular flexibility index (Phi) is 6.37. The van der Waals surface area contributed by atoms with Gasteiger partial charge < -0.3 is 18.7 Å². The molecular formula is C29H26N6O3S. The normalized spacial score (nSPS) is 15.6. The molecule has 1 N–H and O–H groups in total. The van der Waals surface area contributed by atoms with Crippen LogP contribution >= 0.6 is 0 Å². The van der Waals surface area contributed by atoms with E-state index >= 15 is 0 Å². The third-order valence-corrected chi connectivity index (χ3v) is 8.32. The molecule has 39 heavy (non-hydrogen) atoms. The molecule has 1 aliphatic heterocycles. The maximum Gasteiger partial charge on any atom is 0.248 e. The van der Waals surface area contributed by atoms with Gasteiger partial charge in [-0.2, -0.15) is 0 Å². The van der Waals surface area contributed by atoms with Crippen molar-refractivity contribution in [1.82, 2.24) is 29.3 Å². The SMILES string of the molecule is [O-][S+](c1ccccc1)n1ncc2c(-c3nnc(CN4CCCOCC4)o3)cc(-c3cccc4[nH]ccc34)cc21. The highest BCUT2D eigenvalue weighted by Gasteiger charge is 2.24. The zero-order chi connectivity index (χ0) is 26.2. The number of aromatic nitrogens is 5. The zero-order valence-corrected chi connectivity index (χ0v) is 21.9. The van der Waals surface area contributed by atoms with Crippen LogP contribution in [-0.2, 0) is 22.6 Å². The molecule has 1 aliphatic rings. The summed E-state index contributed by atoms with van der Waals surface area (Å²) >= 11 is -1.53. The second-order valence-electron chi connectivity index (χ2n) is 9.52. The van der Waals surface area contributed by atoms with Gasteiger partial charge in [-0.05, 0) is 53.9 Å². The number of aromatic amines is 1. The van der Waals surface area contributed by atoms with Gasteiger partial charge in [0, 0.05) is 42.2 Å². The summed E-state index contributed by atoms with van der Waals surface area (Å²) in [6, 6.07) is 21.6. The van der Waals surface area contributed by atoms with Crippen LogP contribution in [0.3, 0.4) is 0 Å². The fraction of sp³-hybridized carbons (Fsp3) is 0.207. The first kappa shape index (κ1) is 24.1. The van der Waals surface area contributed by atoms with Crippen LogP contribution in [0.2, 0.25) is 0 Å². The van der Waals surface area contributed by atoms with Gasteiger partial charge in [-0.3, -0.25) is 4.90 Å². The van der Waals surface area contributed by atoms with E-state index in [4.69, 9.17) is 9.15 Å². The summed E-state index contributed by atoms with van der Waals surface area (Å²) in [6.07, 6.45) is 4.63. The molecule has 6 aromatic rings. The molecule has 196 valence electrons. The Morgan fingerprint density at radius 3 is 2.77 bits per heavy atom. The van der Waals surface area contributed by atoms with Gasteiger partial charge in [0.25, 0.3) is 0 Å². The molecule has 0 radical (unpaired) electrons. The Labute approximate surface area is 227 Å². The summed E-state index contributed by atoms with van der Waals surface area (Å²) < 4.78 is 26.9. The first-order valence-corrected chi connectivity index (χ1v) is 14.0. The van der Waals surface area contributed by atoms with Gasteiger partial charge in [-0.25, -0.2) is 0 Å². The van der Waals surface area contributed by atoms with E-state index in [1.54, 1.807) is 10.3 Å². The first-order chi connectivity index (χ1) is 19.2. The van der Waals surface area contributed by atoms with E-state index in [1.807, 2.05) is 54.7 Å². The number of nitrogens with one attached hydrogen (secondary N) is 1. The molecule has 0 saturated carbocycles. The summed E-state index contributed by atoms with van der Waals surface area (Å²) in [6.45, 7) is 3.80. The van der Waals surface area contributed by atoms with E-state index < -0.39 is 11.4 Å². The van der Waals surface area contributed by atoms with Crippen molar-refractivity contribution >= 4 is 33.2 Å². The lowest BCUT2D eigenvalue weighted by molar-refractivity contribution is 0.138. The zero-order valence-electron chi connectivity index (χ0n) is 21.1. The number of fused-ring (bicyclic) bond motifs is 2. The number of hydrogen-bond acceptors (Lipinski definition) is 7. The molecule has 0 amide bonds. The van der Waals surface area contributed by atoms with Gasteiger partial charge in [-0.1, -0.05) is 34.4 Å². The van der Waals surface area contributed by atoms with Crippen molar-refractivity contribution in [3.63, 3.8) is 0 Å². The fourth-order valence-electron chi connectivity index (χ4n) is 5.12. The van der Waals surface area contributed by atoms with Crippen molar-refractivity contribution in [2.75, 3.05) is 26.3 Å². The van der Waals surface area contributed by atoms with Crippen molar-refractivity contribution in [3.05, 3.63) is 85.0 Å². The van der Waals surface area contributed by atoms with Gasteiger partial charge >= 0.3 is 0 Å². The van der Waals surface area contributed by atoms with Crippen LogP contribution in [0.4, 0.5) is 0 Å². The molecule has 7 rings (SSSR count). The average molecular weight is 539 g/mol. The summed E-state index contributed by atoms with van der Waals surface area (Å²) in [5.74, 6) is 0.965. The number of H-pyrrole nitrogens is 1. The Balaban J connectivity index is 1.35. The van der Waals surface area contributed by atoms with Crippen LogP contribution in [-0.4, -0.2) is 60.1 Å². The molecule has 9 nitrogen and oxygen atoms in total. The van der Waals surface area contributed by atoms with Crippen LogP contribution in [0.5, 0.6) is 0 Å². The molecule has 10 heteroatoms. The number of benzene rings is 3. The van der Waals surface area contributed by atoms with E-state index in [0.29, 0.717) is 29.8 Å². The Bertz CT molecular complexity index is 1740. The first-order valence-electron chi connectivity index (χ1n) is 12.9. The second kappa shape index (κ2) is 10.3. The quantitative estimate of drug-likeness (QED) is 0.296. The van der Waals surface area contributed by atoms with E-state index in [-0.39, 0.29) is 0 Å². The largest absolute Gasteiger partial charge is 0.586 e. The summed E-state index contributed by atoms with van der Waals surface area (Å²) in [5, 5.41) is 15.2. The van der Waals surface area contributed by atoms with Crippen LogP contribution < -0.4 is 0 Å². The Morgan fingerprint density at radius 1 is 0.923 bits per heavy atom. The van der Waals surface area contributed by atoms with Gasteiger partial charge in [-0.15, -0.1) is 15.3 Å². The molecule has 1 saturated heterocycles. The van der Waals surface area contributed by atoms with Gasteiger partial charge in [0.05, 0.1) is 24.9 Å². The molecule has 3 aromatic carbocycles. The molecule has 0 bridgehead atoms. The van der Waals surface area contributed by atoms with Crippen molar-refractivity contribution in [1.29, 1.82) is 0 Å². The standard InChI is InChI=1S/C29H26N6O3S/c36-39(21-6-2-1-3-7-21)35-27-17-20(22-8-4-9-26-23(22)10-11-30-26)16-24(25(27)18-31-35)29-33-32-28(38-29)19-34-12-5-14-37-15-13-34/h1-4,6-11,16-18,30H,5,12-15,19H2. The number of rotatable bonds is 6. The summed E-state index contributed by atoms with van der Waals surface area (Å²) in [7, 11) is 0. The minimum atomic E-state index is -1.53.